The lowest BCUT2D eigenvalue weighted by Gasteiger charge is -2.05. The Bertz CT molecular complexity index is 4930. The van der Waals surface area contributed by atoms with E-state index in [0.717, 1.165) is 71.6 Å². The van der Waals surface area contributed by atoms with Crippen molar-refractivity contribution in [2.45, 2.75) is 210 Å². The third kappa shape index (κ3) is 57.2. The molecule has 10 nitrogen and oxygen atoms in total. The van der Waals surface area contributed by atoms with Crippen LogP contribution in [0.4, 0.5) is 0 Å². The molecule has 0 saturated carbocycles. The Hall–Kier alpha value is -9.80. The zero-order valence-corrected chi connectivity index (χ0v) is 78.1. The first kappa shape index (κ1) is 77.3. The van der Waals surface area contributed by atoms with Gasteiger partial charge in [0.1, 0.15) is 57.5 Å². The van der Waals surface area contributed by atoms with Crippen LogP contribution in [0, 0.1) is 59.2 Å². The fourth-order valence-electron chi connectivity index (χ4n) is 10.5. The van der Waals surface area contributed by atoms with E-state index in [1.54, 1.807) is 126 Å². The predicted molar refractivity (Wildman–Crippen MR) is 522 cm³/mol. The average Bonchev–Trinajstić information content (AvgIpc) is 0.780. The van der Waals surface area contributed by atoms with Crippen LogP contribution in [0.25, 0.3) is 0 Å². The molecule has 0 heterocycles. The highest BCUT2D eigenvalue weighted by atomic mass is 16.5. The van der Waals surface area contributed by atoms with Crippen LogP contribution in [-0.4, -0.2) is 71.1 Å². The summed E-state index contributed by atoms with van der Waals surface area (Å²) in [6.45, 7) is 40.1. The molecule has 0 saturated heterocycles. The van der Waals surface area contributed by atoms with Gasteiger partial charge >= 0.3 is 0 Å². The molecule has 0 unspecified atom stereocenters. The zero-order valence-electron chi connectivity index (χ0n) is 100. The molecule has 121 heavy (non-hydrogen) atoms. The Kier molecular flexibility index (Phi) is 42.7. The SMILES string of the molecule is C.COc1ccc(CC(C)C)cc1.COc1ccc(CC(C)C)cc1.[2H]C([2H])(c1ccc(OC)cc1)C(C)C.[2H]C([2H])(c1ccc(OC)cc1)C(C)C.[2H]c1c([2H])c(OC)c([2H])c([2H])c1CC(C)C.[2H]c1c([2H])c(OC)c([2H])c([2H])c1CC(C)C.[2H]c1cc(CC(C)C)cc([2H])c1OC.[2H]c1cc(CC(C)C)cc([2H])c1OC.[2H]c1cc(OC)ccc1C([2H])([2H])C(C)C.[2H]c1cc(OC)ccc1C([2H])([2H])C(C)C. The first-order valence-corrected chi connectivity index (χ1v) is 41.5. The number of rotatable bonds is 30. The lowest BCUT2D eigenvalue weighted by Crippen LogP contribution is -1.93. The third-order valence-electron chi connectivity index (χ3n) is 15.8. The molecule has 0 N–H and O–H groups in total. The van der Waals surface area contributed by atoms with Crippen LogP contribution in [0.2, 0.25) is 0 Å². The van der Waals surface area contributed by atoms with Crippen LogP contribution in [0.1, 0.15) is 232 Å². The summed E-state index contributed by atoms with van der Waals surface area (Å²) in [5.74, 6) is 8.04. The van der Waals surface area contributed by atoms with Gasteiger partial charge in [0.2, 0.25) is 0 Å². The van der Waals surface area contributed by atoms with Gasteiger partial charge in [-0.05, 0) is 300 Å². The van der Waals surface area contributed by atoms with E-state index in [1.165, 1.54) is 65.9 Å². The van der Waals surface area contributed by atoms with E-state index in [0.29, 0.717) is 117 Å². The van der Waals surface area contributed by atoms with Crippen molar-refractivity contribution < 1.29 is 77.5 Å². The molecular formula is C111H164O10. The van der Waals surface area contributed by atoms with Crippen molar-refractivity contribution in [3.8, 4) is 57.5 Å². The van der Waals surface area contributed by atoms with Crippen LogP contribution < -0.4 is 47.4 Å². The Morgan fingerprint density at radius 2 is 0.322 bits per heavy atom. The predicted octanol–water partition coefficient (Wildman–Crippen LogP) is 29.6. The van der Waals surface area contributed by atoms with Crippen molar-refractivity contribution in [1.29, 1.82) is 0 Å². The molecule has 0 aliphatic carbocycles. The van der Waals surface area contributed by atoms with Crippen molar-refractivity contribution in [2.24, 2.45) is 59.2 Å². The molecule has 0 radical (unpaired) electrons. The lowest BCUT2D eigenvalue weighted by molar-refractivity contribution is 0.414. The highest BCUT2D eigenvalue weighted by Crippen LogP contribution is 2.23. The molecule has 10 heteroatoms. The number of hydrogen-bond acceptors (Lipinski definition) is 10. The molecule has 10 aromatic rings. The van der Waals surface area contributed by atoms with Gasteiger partial charge in [0, 0.05) is 11.0 Å². The summed E-state index contributed by atoms with van der Waals surface area (Å²) >= 11 is 0. The maximum absolute atomic E-state index is 7.90. The van der Waals surface area contributed by atoms with E-state index in [1.807, 2.05) is 107 Å². The molecule has 0 spiro atoms. The Labute approximate surface area is 770 Å². The van der Waals surface area contributed by atoms with Crippen molar-refractivity contribution in [1.82, 2.24) is 0 Å². The molecule has 10 aromatic carbocycles. The summed E-state index contributed by atoms with van der Waals surface area (Å²) in [4.78, 5) is 0. The van der Waals surface area contributed by atoms with Gasteiger partial charge in [-0.25, -0.2) is 0 Å². The molecule has 0 aromatic heterocycles. The van der Waals surface area contributed by atoms with E-state index < -0.39 is 25.5 Å². The number of benzene rings is 10. The summed E-state index contributed by atoms with van der Waals surface area (Å²) in [7, 11) is 15.4. The van der Waals surface area contributed by atoms with Crippen molar-refractivity contribution >= 4 is 0 Å². The average molecular weight is 1680 g/mol. The van der Waals surface area contributed by atoms with E-state index in [4.69, 9.17) is 77.5 Å². The Morgan fingerprint density at radius 1 is 0.165 bits per heavy atom. The Balaban J connectivity index is 0.00000157. The minimum Gasteiger partial charge on any atom is -0.497 e. The monoisotopic (exact) mass is 1680 g/mol. The summed E-state index contributed by atoms with van der Waals surface area (Å²) in [5.41, 5.74) is 8.00. The maximum Gasteiger partial charge on any atom is 0.118 e. The van der Waals surface area contributed by atoms with E-state index in [-0.39, 0.29) is 103 Å². The minimum atomic E-state index is -1.47. The van der Waals surface area contributed by atoms with Gasteiger partial charge in [-0.15, -0.1) is 0 Å². The maximum atomic E-state index is 7.90. The van der Waals surface area contributed by atoms with Gasteiger partial charge in [-0.3, -0.25) is 0 Å². The first-order valence-electron chi connectivity index (χ1n) is 52.5. The molecule has 0 bridgehead atoms. The van der Waals surface area contributed by atoms with Crippen LogP contribution in [-0.2, 0) is 64.0 Å². The minimum absolute atomic E-state index is 0. The number of methoxy groups -OCH3 is 10. The largest absolute Gasteiger partial charge is 0.497 e. The van der Waals surface area contributed by atoms with Gasteiger partial charge in [0.15, 0.2) is 0 Å². The van der Waals surface area contributed by atoms with Gasteiger partial charge in [-0.1, -0.05) is 267 Å². The van der Waals surface area contributed by atoms with Crippen molar-refractivity contribution in [3.63, 3.8) is 0 Å². The van der Waals surface area contributed by atoms with Gasteiger partial charge in [0.05, 0.1) is 90.3 Å². The van der Waals surface area contributed by atoms with E-state index in [2.05, 4.69) is 79.7 Å². The number of ether oxygens (including phenoxy) is 10. The fraction of sp³-hybridized carbons (Fsp3) is 0.459. The van der Waals surface area contributed by atoms with Crippen molar-refractivity contribution in [2.75, 3.05) is 71.1 Å². The summed E-state index contributed by atoms with van der Waals surface area (Å²) < 4.78 is 221. The van der Waals surface area contributed by atoms with Crippen LogP contribution in [0.5, 0.6) is 57.5 Å². The second-order valence-electron chi connectivity index (χ2n) is 31.6. The smallest absolute Gasteiger partial charge is 0.118 e. The second kappa shape index (κ2) is 66.9. The molecular weight excluding hydrogens is 1490 g/mol. The number of hydrogen-bond donors (Lipinski definition) is 0. The molecule has 0 aliphatic rings. The normalized spacial score (nSPS) is 13.3. The van der Waals surface area contributed by atoms with Gasteiger partial charge in [-0.2, -0.15) is 0 Å². The highest BCUT2D eigenvalue weighted by Gasteiger charge is 2.06. The lowest BCUT2D eigenvalue weighted by atomic mass is 10.0. The van der Waals surface area contributed by atoms with Crippen molar-refractivity contribution in [3.05, 3.63) is 298 Å². The third-order valence-corrected chi connectivity index (χ3v) is 15.8. The summed E-state index contributed by atoms with van der Waals surface area (Å²) in [6.07, 6.45) is -0.304. The standard InChI is InChI=1S/10C11H16O.CH4/c10*1-9(2)8-10-4-6-11(12-3)7-5-10;/h10*4-7,9H,8H2,1-3H3;1H4/i2*4D,5D,6D,7D;2*6D,7D;2*4D,8D2;2*8D2;;;. The Morgan fingerprint density at radius 3 is 0.504 bits per heavy atom. The van der Waals surface area contributed by atoms with Gasteiger partial charge < -0.3 is 47.4 Å². The fourth-order valence-corrected chi connectivity index (χ4v) is 10.5. The molecule has 668 valence electrons. The first-order chi connectivity index (χ1) is 66.1. The van der Waals surface area contributed by atoms with Crippen LogP contribution >= 0.6 is 0 Å². The zero-order chi connectivity index (χ0) is 109. The highest BCUT2D eigenvalue weighted by molar-refractivity contribution is 5.34. The van der Waals surface area contributed by atoms with Gasteiger partial charge in [0.25, 0.3) is 0 Å². The molecule has 0 fully saturated rings. The molecule has 10 rings (SSSR count). The van der Waals surface area contributed by atoms with Crippen LogP contribution in [0.3, 0.4) is 0 Å². The second-order valence-corrected chi connectivity index (χ2v) is 31.6. The molecule has 0 aliphatic heterocycles. The molecule has 0 amide bonds. The summed E-state index contributed by atoms with van der Waals surface area (Å²) in [6, 6.07) is 48.8. The molecule has 0 atom stereocenters. The van der Waals surface area contributed by atoms with Crippen LogP contribution in [0.15, 0.2) is 242 Å². The quantitative estimate of drug-likeness (QED) is 0.0433. The van der Waals surface area contributed by atoms with E-state index in [9.17, 15) is 0 Å². The van der Waals surface area contributed by atoms with E-state index >= 15 is 0 Å². The summed E-state index contributed by atoms with van der Waals surface area (Å²) in [5, 5.41) is 0. The topological polar surface area (TPSA) is 92.3 Å².